The molecule has 0 aliphatic rings. The van der Waals surface area contributed by atoms with Crippen molar-refractivity contribution in [1.29, 1.82) is 0 Å². The standard InChI is InChI=1S/H6IO6.H2O4S/c2-1(3,4,5,6)7;1-5(2,3)4/h2-7H;(H2,1,2,3,4)/q+1;/p-1. The monoisotopic (exact) mass is 326 g/mol. The molecule has 12 heteroatoms. The van der Waals surface area contributed by atoms with Crippen LogP contribution in [0, 0.1) is 0 Å². The first-order chi connectivity index (χ1) is 4.45. The van der Waals surface area contributed by atoms with Gasteiger partial charge in [0.2, 0.25) is 10.4 Å². The van der Waals surface area contributed by atoms with Crippen molar-refractivity contribution < 1.29 is 56.3 Å². The molecule has 7 N–H and O–H groups in total. The van der Waals surface area contributed by atoms with Crippen LogP contribution in [0.15, 0.2) is 0 Å². The number of halogens is 1. The maximum absolute atomic E-state index is 8.63. The summed E-state index contributed by atoms with van der Waals surface area (Å²) >= 11 is -8.12. The molecule has 0 saturated carbocycles. The zero-order valence-corrected chi connectivity index (χ0v) is 8.12. The molecule has 0 rings (SSSR count). The molecule has 0 aromatic heterocycles. The van der Waals surface area contributed by atoms with Crippen molar-refractivity contribution >= 4 is 10.4 Å². The van der Waals surface area contributed by atoms with Crippen LogP contribution in [-0.4, -0.2) is 38.1 Å². The fraction of sp³-hybridized carbons (Fsp3) is 0. The van der Waals surface area contributed by atoms with Crippen LogP contribution in [0.1, 0.15) is 0 Å². The third kappa shape index (κ3) is 7000. The van der Waals surface area contributed by atoms with Crippen molar-refractivity contribution in [3.63, 3.8) is 0 Å². The van der Waals surface area contributed by atoms with Crippen molar-refractivity contribution in [3.8, 4) is 0 Å². The second kappa shape index (κ2) is 2.67. The van der Waals surface area contributed by atoms with Crippen molar-refractivity contribution in [2.24, 2.45) is 0 Å². The van der Waals surface area contributed by atoms with E-state index in [1.54, 1.807) is 0 Å². The average Bonchev–Trinajstić information content (AvgIpc) is 1.04. The zero-order valence-electron chi connectivity index (χ0n) is 5.14. The van der Waals surface area contributed by atoms with Crippen LogP contribution in [0.4, 0.5) is 0 Å². The Morgan fingerprint density at radius 2 is 0.917 bits per heavy atom. The van der Waals surface area contributed by atoms with Crippen LogP contribution < -0.4 is 18.2 Å². The number of hydrogen-bond donors (Lipinski definition) is 7. The van der Waals surface area contributed by atoms with E-state index in [9.17, 15) is 0 Å². The fourth-order valence-electron chi connectivity index (χ4n) is 0. The van der Waals surface area contributed by atoms with Crippen LogP contribution in [0.2, 0.25) is 0 Å². The molecule has 0 fully saturated rings. The Bertz CT molecular complexity index is 212. The number of hydrogen-bond acceptors (Lipinski definition) is 9. The van der Waals surface area contributed by atoms with Crippen molar-refractivity contribution in [2.45, 2.75) is 0 Å². The van der Waals surface area contributed by atoms with Gasteiger partial charge >= 0.3 is 38.8 Å². The molecule has 0 spiro atoms. The van der Waals surface area contributed by atoms with Gasteiger partial charge in [0.15, 0.2) is 0 Å². The van der Waals surface area contributed by atoms with Crippen LogP contribution in [-0.2, 0) is 10.4 Å². The van der Waals surface area contributed by atoms with Gasteiger partial charge in [-0.1, -0.05) is 0 Å². The summed E-state index contributed by atoms with van der Waals surface area (Å²) in [6.07, 6.45) is 0. The summed E-state index contributed by atoms with van der Waals surface area (Å²) in [5.41, 5.74) is 0. The summed E-state index contributed by atoms with van der Waals surface area (Å²) in [4.78, 5) is 0. The minimum atomic E-state index is -8.12. The molecule has 0 radical (unpaired) electrons. The Morgan fingerprint density at radius 3 is 0.917 bits per heavy atom. The van der Waals surface area contributed by atoms with E-state index in [0.29, 0.717) is 0 Å². The Morgan fingerprint density at radius 1 is 0.917 bits per heavy atom. The second-order valence-electron chi connectivity index (χ2n) is 1.56. The van der Waals surface area contributed by atoms with Crippen LogP contribution >= 0.6 is 0 Å². The van der Waals surface area contributed by atoms with Gasteiger partial charge in [0.1, 0.15) is 0 Å². The molecule has 0 atom stereocenters. The first-order valence-corrected chi connectivity index (χ1v) is 8.85. The molecule has 80 valence electrons. The molecule has 0 amide bonds. The van der Waals surface area contributed by atoms with Gasteiger partial charge < -0.3 is 4.55 Å². The van der Waals surface area contributed by atoms with Crippen LogP contribution in [0.3, 0.4) is 0 Å². The third-order valence-corrected chi connectivity index (χ3v) is 0. The Labute approximate surface area is 67.0 Å². The molecule has 0 heterocycles. The van der Waals surface area contributed by atoms with Gasteiger partial charge in [-0.25, -0.2) is 8.42 Å². The van der Waals surface area contributed by atoms with E-state index in [-0.39, 0.29) is 0 Å². The first kappa shape index (κ1) is 14.9. The van der Waals surface area contributed by atoms with E-state index in [2.05, 4.69) is 0 Å². The Hall–Kier alpha value is 0.360. The molecular formula is H7IO10S. The quantitative estimate of drug-likeness (QED) is 0.127. The van der Waals surface area contributed by atoms with Gasteiger partial charge in [0, 0.05) is 0 Å². The predicted molar refractivity (Wildman–Crippen MR) is 25.6 cm³/mol. The molecule has 0 unspecified atom stereocenters. The molecule has 0 saturated heterocycles. The molecular weight excluding hydrogens is 319 g/mol. The van der Waals surface area contributed by atoms with E-state index in [1.165, 1.54) is 0 Å². The van der Waals surface area contributed by atoms with Crippen molar-refractivity contribution in [1.82, 2.24) is 0 Å². The van der Waals surface area contributed by atoms with Gasteiger partial charge in [0.05, 0.1) is 0 Å². The summed E-state index contributed by atoms with van der Waals surface area (Å²) in [6, 6.07) is 0. The minimum absolute atomic E-state index is 4.92. The van der Waals surface area contributed by atoms with Gasteiger partial charge in [0.25, 0.3) is 0 Å². The first-order valence-electron chi connectivity index (χ1n) is 1.70. The average molecular weight is 326 g/mol. The summed E-state index contributed by atoms with van der Waals surface area (Å²) in [6.45, 7) is 0. The zero-order chi connectivity index (χ0) is 10.9. The van der Waals surface area contributed by atoms with Crippen molar-refractivity contribution in [2.75, 3.05) is 0 Å². The topological polar surface area (TPSA) is 199 Å². The maximum atomic E-state index is 8.63. The van der Waals surface area contributed by atoms with E-state index >= 15 is 0 Å². The third-order valence-electron chi connectivity index (χ3n) is 0. The molecule has 0 aliphatic heterocycles. The normalized spacial score (nSPS) is 18.3. The summed E-state index contributed by atoms with van der Waals surface area (Å²) in [5.74, 6) is 0. The Kier molecular flexibility index (Phi) is 3.31. The molecule has 0 aliphatic carbocycles. The SMILES string of the molecule is O=S(=O)([O-])O.O[I+](O)(O)(O)(O)O. The van der Waals surface area contributed by atoms with Gasteiger partial charge in [-0.15, -0.1) is 0 Å². The van der Waals surface area contributed by atoms with E-state index in [0.717, 1.165) is 0 Å². The summed E-state index contributed by atoms with van der Waals surface area (Å²) in [7, 11) is -4.92. The molecule has 12 heavy (non-hydrogen) atoms. The van der Waals surface area contributed by atoms with Gasteiger partial charge in [-0.3, -0.25) is 4.55 Å². The molecule has 0 aromatic carbocycles. The van der Waals surface area contributed by atoms with Gasteiger partial charge in [-0.2, -0.15) is 0 Å². The second-order valence-corrected chi connectivity index (χ2v) is 8.89. The van der Waals surface area contributed by atoms with E-state index in [4.69, 9.17) is 38.1 Å². The summed E-state index contributed by atoms with van der Waals surface area (Å²) < 4.78 is 77.3. The molecule has 0 aromatic rings. The molecule has 10 nitrogen and oxygen atoms in total. The summed E-state index contributed by atoms with van der Waals surface area (Å²) in [5, 5.41) is 0. The predicted octanol–water partition coefficient (Wildman–Crippen LogP) is -7.33. The van der Waals surface area contributed by atoms with Crippen LogP contribution in [0.25, 0.3) is 0 Å². The van der Waals surface area contributed by atoms with Gasteiger partial charge in [-0.05, 0) is 0 Å². The number of rotatable bonds is 0. The Balaban J connectivity index is 0. The molecule has 0 bridgehead atoms. The fourth-order valence-corrected chi connectivity index (χ4v) is 0. The van der Waals surface area contributed by atoms with E-state index < -0.39 is 28.6 Å². The van der Waals surface area contributed by atoms with E-state index in [1.807, 2.05) is 0 Å². The van der Waals surface area contributed by atoms with Crippen molar-refractivity contribution in [3.05, 3.63) is 0 Å². The van der Waals surface area contributed by atoms with Crippen LogP contribution in [0.5, 0.6) is 0 Å².